The molecule has 0 amide bonds. The lowest BCUT2D eigenvalue weighted by molar-refractivity contribution is 0.170. The van der Waals surface area contributed by atoms with Gasteiger partial charge in [0.2, 0.25) is 0 Å². The summed E-state index contributed by atoms with van der Waals surface area (Å²) in [4.78, 5) is 8.48. The second kappa shape index (κ2) is 5.12. The van der Waals surface area contributed by atoms with Crippen molar-refractivity contribution in [2.75, 3.05) is 30.8 Å². The first-order valence-electron chi connectivity index (χ1n) is 5.35. The van der Waals surface area contributed by atoms with Gasteiger partial charge in [-0.1, -0.05) is 13.8 Å². The van der Waals surface area contributed by atoms with Crippen LogP contribution in [0.2, 0.25) is 0 Å². The largest absolute Gasteiger partial charge is 0.396 e. The maximum Gasteiger partial charge on any atom is 0.131 e. The zero-order valence-corrected chi connectivity index (χ0v) is 10.3. The molecule has 0 aromatic carbocycles. The van der Waals surface area contributed by atoms with E-state index >= 15 is 0 Å². The van der Waals surface area contributed by atoms with Crippen LogP contribution in [-0.2, 0) is 0 Å². The molecular formula is C11H20N4O. The Hall–Kier alpha value is -1.36. The van der Waals surface area contributed by atoms with Crippen molar-refractivity contribution in [3.8, 4) is 0 Å². The van der Waals surface area contributed by atoms with Crippen LogP contribution >= 0.6 is 0 Å². The molecule has 5 heteroatoms. The number of hydrogen-bond donors (Lipinski definition) is 3. The molecule has 5 nitrogen and oxygen atoms in total. The van der Waals surface area contributed by atoms with Gasteiger partial charge in [0.25, 0.3) is 0 Å². The minimum atomic E-state index is -0.154. The van der Waals surface area contributed by atoms with Crippen LogP contribution < -0.4 is 10.6 Å². The first-order valence-corrected chi connectivity index (χ1v) is 5.35. The van der Waals surface area contributed by atoms with Gasteiger partial charge in [-0.2, -0.15) is 0 Å². The summed E-state index contributed by atoms with van der Waals surface area (Å²) in [5, 5.41) is 15.3. The van der Waals surface area contributed by atoms with Crippen LogP contribution in [0.5, 0.6) is 0 Å². The van der Waals surface area contributed by atoms with Crippen molar-refractivity contribution in [2.45, 2.75) is 20.8 Å². The van der Waals surface area contributed by atoms with E-state index in [-0.39, 0.29) is 12.0 Å². The number of anilines is 2. The summed E-state index contributed by atoms with van der Waals surface area (Å²) in [6, 6.07) is 1.85. The van der Waals surface area contributed by atoms with Crippen LogP contribution in [0.25, 0.3) is 0 Å². The van der Waals surface area contributed by atoms with Gasteiger partial charge in [0.05, 0.1) is 0 Å². The molecule has 0 aliphatic carbocycles. The Bertz CT molecular complexity index is 352. The van der Waals surface area contributed by atoms with Crippen molar-refractivity contribution in [1.29, 1.82) is 0 Å². The van der Waals surface area contributed by atoms with Gasteiger partial charge in [-0.3, -0.25) is 0 Å². The number of aromatic nitrogens is 2. The van der Waals surface area contributed by atoms with Gasteiger partial charge in [-0.15, -0.1) is 0 Å². The second-order valence-corrected chi connectivity index (χ2v) is 4.61. The van der Waals surface area contributed by atoms with E-state index in [0.717, 1.165) is 17.5 Å². The maximum atomic E-state index is 9.14. The van der Waals surface area contributed by atoms with Gasteiger partial charge < -0.3 is 15.7 Å². The number of aliphatic hydroxyl groups is 1. The van der Waals surface area contributed by atoms with Gasteiger partial charge in [0, 0.05) is 31.7 Å². The van der Waals surface area contributed by atoms with Crippen LogP contribution in [0, 0.1) is 12.3 Å². The zero-order chi connectivity index (χ0) is 12.2. The number of nitrogens with one attached hydrogen (secondary N) is 2. The molecule has 0 bridgehead atoms. The van der Waals surface area contributed by atoms with Crippen molar-refractivity contribution >= 4 is 11.6 Å². The minimum absolute atomic E-state index is 0.142. The third kappa shape index (κ3) is 3.66. The summed E-state index contributed by atoms with van der Waals surface area (Å²) < 4.78 is 0. The molecule has 0 saturated carbocycles. The monoisotopic (exact) mass is 224 g/mol. The SMILES string of the molecule is CNc1cc(NCC(C)(C)CO)nc(C)n1. The van der Waals surface area contributed by atoms with Gasteiger partial charge >= 0.3 is 0 Å². The molecule has 0 aliphatic heterocycles. The molecular weight excluding hydrogens is 204 g/mol. The third-order valence-electron chi connectivity index (χ3n) is 2.27. The molecule has 0 aliphatic rings. The topological polar surface area (TPSA) is 70.1 Å². The summed E-state index contributed by atoms with van der Waals surface area (Å²) in [7, 11) is 1.82. The van der Waals surface area contributed by atoms with Crippen molar-refractivity contribution in [3.63, 3.8) is 0 Å². The van der Waals surface area contributed by atoms with E-state index < -0.39 is 0 Å². The highest BCUT2D eigenvalue weighted by molar-refractivity contribution is 5.47. The highest BCUT2D eigenvalue weighted by atomic mass is 16.3. The summed E-state index contributed by atoms with van der Waals surface area (Å²) >= 11 is 0. The summed E-state index contributed by atoms with van der Waals surface area (Å²) in [5.41, 5.74) is -0.154. The van der Waals surface area contributed by atoms with Gasteiger partial charge in [-0.05, 0) is 6.92 Å². The van der Waals surface area contributed by atoms with Crippen molar-refractivity contribution in [3.05, 3.63) is 11.9 Å². The first kappa shape index (κ1) is 12.7. The molecule has 3 N–H and O–H groups in total. The van der Waals surface area contributed by atoms with Crippen LogP contribution in [0.15, 0.2) is 6.07 Å². The van der Waals surface area contributed by atoms with E-state index in [1.54, 1.807) is 0 Å². The fourth-order valence-electron chi connectivity index (χ4n) is 1.17. The maximum absolute atomic E-state index is 9.14. The lowest BCUT2D eigenvalue weighted by Crippen LogP contribution is -2.27. The average molecular weight is 224 g/mol. The van der Waals surface area contributed by atoms with Crippen molar-refractivity contribution in [1.82, 2.24) is 9.97 Å². The Kier molecular flexibility index (Phi) is 4.06. The molecule has 0 spiro atoms. The molecule has 0 fully saturated rings. The third-order valence-corrected chi connectivity index (χ3v) is 2.27. The Morgan fingerprint density at radius 1 is 1.31 bits per heavy atom. The number of aliphatic hydroxyl groups excluding tert-OH is 1. The number of rotatable bonds is 5. The number of nitrogens with zero attached hydrogens (tertiary/aromatic N) is 2. The van der Waals surface area contributed by atoms with Gasteiger partial charge in [0.15, 0.2) is 0 Å². The fraction of sp³-hybridized carbons (Fsp3) is 0.636. The van der Waals surface area contributed by atoms with E-state index in [1.807, 2.05) is 33.9 Å². The predicted molar refractivity (Wildman–Crippen MR) is 65.7 cm³/mol. The number of aryl methyl sites for hydroxylation is 1. The number of hydrogen-bond acceptors (Lipinski definition) is 5. The van der Waals surface area contributed by atoms with Crippen LogP contribution in [0.3, 0.4) is 0 Å². The molecule has 0 saturated heterocycles. The van der Waals surface area contributed by atoms with Gasteiger partial charge in [-0.25, -0.2) is 9.97 Å². The Balaban J connectivity index is 2.70. The zero-order valence-electron chi connectivity index (χ0n) is 10.3. The van der Waals surface area contributed by atoms with Gasteiger partial charge in [0.1, 0.15) is 17.5 Å². The standard InChI is InChI=1S/C11H20N4O/c1-8-14-9(12-4)5-10(15-8)13-6-11(2,3)7-16/h5,16H,6-7H2,1-4H3,(H2,12,13,14,15). The fourth-order valence-corrected chi connectivity index (χ4v) is 1.17. The highest BCUT2D eigenvalue weighted by Crippen LogP contribution is 2.16. The minimum Gasteiger partial charge on any atom is -0.396 e. The predicted octanol–water partition coefficient (Wildman–Crippen LogP) is 1.26. The van der Waals surface area contributed by atoms with Crippen LogP contribution in [-0.4, -0.2) is 35.3 Å². The molecule has 16 heavy (non-hydrogen) atoms. The normalized spacial score (nSPS) is 11.3. The molecule has 1 aromatic heterocycles. The summed E-state index contributed by atoms with van der Waals surface area (Å²) in [6.45, 7) is 6.65. The molecule has 90 valence electrons. The summed E-state index contributed by atoms with van der Waals surface area (Å²) in [6.07, 6.45) is 0. The lowest BCUT2D eigenvalue weighted by Gasteiger charge is -2.22. The average Bonchev–Trinajstić information content (AvgIpc) is 2.26. The smallest absolute Gasteiger partial charge is 0.131 e. The Morgan fingerprint density at radius 2 is 1.94 bits per heavy atom. The van der Waals surface area contributed by atoms with E-state index in [2.05, 4.69) is 20.6 Å². The van der Waals surface area contributed by atoms with E-state index in [4.69, 9.17) is 5.11 Å². The van der Waals surface area contributed by atoms with Crippen molar-refractivity contribution in [2.24, 2.45) is 5.41 Å². The van der Waals surface area contributed by atoms with Crippen LogP contribution in [0.4, 0.5) is 11.6 Å². The highest BCUT2D eigenvalue weighted by Gasteiger charge is 2.16. The lowest BCUT2D eigenvalue weighted by atomic mass is 9.95. The van der Waals surface area contributed by atoms with Crippen LogP contribution in [0.1, 0.15) is 19.7 Å². The molecule has 1 rings (SSSR count). The molecule has 1 heterocycles. The van der Waals surface area contributed by atoms with Crippen molar-refractivity contribution < 1.29 is 5.11 Å². The van der Waals surface area contributed by atoms with E-state index in [0.29, 0.717) is 6.54 Å². The Labute approximate surface area is 96.3 Å². The molecule has 0 atom stereocenters. The molecule has 0 radical (unpaired) electrons. The Morgan fingerprint density at radius 3 is 2.50 bits per heavy atom. The summed E-state index contributed by atoms with van der Waals surface area (Å²) in [5.74, 6) is 2.28. The quantitative estimate of drug-likeness (QED) is 0.702. The second-order valence-electron chi connectivity index (χ2n) is 4.61. The van der Waals surface area contributed by atoms with E-state index in [9.17, 15) is 0 Å². The molecule has 0 unspecified atom stereocenters. The first-order chi connectivity index (χ1) is 7.46. The van der Waals surface area contributed by atoms with E-state index in [1.165, 1.54) is 0 Å². The molecule has 1 aromatic rings.